The zero-order chi connectivity index (χ0) is 28.1. The van der Waals surface area contributed by atoms with E-state index in [1.165, 1.54) is 12.0 Å². The number of hydrogen-bond acceptors (Lipinski definition) is 6. The van der Waals surface area contributed by atoms with E-state index in [1.807, 2.05) is 58.0 Å². The Hall–Kier alpha value is -4.26. The van der Waals surface area contributed by atoms with Gasteiger partial charge in [-0.25, -0.2) is 0 Å². The molecule has 1 aliphatic rings. The summed E-state index contributed by atoms with van der Waals surface area (Å²) in [6.07, 6.45) is 0.873. The van der Waals surface area contributed by atoms with Gasteiger partial charge in [0.1, 0.15) is 23.0 Å². The summed E-state index contributed by atoms with van der Waals surface area (Å²) in [5.41, 5.74) is 2.51. The molecule has 0 aliphatic carbocycles. The number of anilines is 1. The van der Waals surface area contributed by atoms with E-state index in [4.69, 9.17) is 14.2 Å². The molecule has 1 aliphatic heterocycles. The molecule has 204 valence electrons. The number of aliphatic hydroxyl groups is 1. The van der Waals surface area contributed by atoms with E-state index in [0.717, 1.165) is 17.7 Å². The van der Waals surface area contributed by atoms with Crippen LogP contribution in [-0.4, -0.2) is 37.1 Å². The van der Waals surface area contributed by atoms with Crippen LogP contribution in [0.4, 0.5) is 5.69 Å². The number of benzene rings is 3. The molecule has 0 saturated carbocycles. The molecule has 1 amide bonds. The first-order chi connectivity index (χ1) is 18.8. The van der Waals surface area contributed by atoms with Gasteiger partial charge in [0, 0.05) is 17.3 Å². The minimum absolute atomic E-state index is 0.0175. The smallest absolute Gasteiger partial charge is 0.300 e. The van der Waals surface area contributed by atoms with Gasteiger partial charge in [-0.05, 0) is 72.9 Å². The zero-order valence-corrected chi connectivity index (χ0v) is 23.1. The maximum Gasteiger partial charge on any atom is 0.300 e. The van der Waals surface area contributed by atoms with E-state index < -0.39 is 17.7 Å². The first kappa shape index (κ1) is 27.8. The van der Waals surface area contributed by atoms with Crippen molar-refractivity contribution in [1.82, 2.24) is 0 Å². The summed E-state index contributed by atoms with van der Waals surface area (Å²) < 4.78 is 16.9. The summed E-state index contributed by atoms with van der Waals surface area (Å²) in [7, 11) is 1.54. The maximum absolute atomic E-state index is 13.5. The molecule has 0 bridgehead atoms. The van der Waals surface area contributed by atoms with Crippen molar-refractivity contribution in [2.75, 3.05) is 25.2 Å². The molecule has 0 radical (unpaired) electrons. The fraction of sp³-hybridized carbons (Fsp3) is 0.312. The highest BCUT2D eigenvalue weighted by molar-refractivity contribution is 6.51. The van der Waals surface area contributed by atoms with Gasteiger partial charge in [0.15, 0.2) is 0 Å². The van der Waals surface area contributed by atoms with E-state index >= 15 is 0 Å². The topological polar surface area (TPSA) is 85.3 Å². The Morgan fingerprint density at radius 2 is 1.69 bits per heavy atom. The molecule has 1 N–H and O–H groups in total. The van der Waals surface area contributed by atoms with E-state index in [2.05, 4.69) is 0 Å². The number of aliphatic hydroxyl groups excluding tert-OH is 1. The number of rotatable bonds is 10. The van der Waals surface area contributed by atoms with Crippen molar-refractivity contribution >= 4 is 23.1 Å². The fourth-order valence-corrected chi connectivity index (χ4v) is 4.73. The second kappa shape index (κ2) is 12.1. The Bertz CT molecular complexity index is 1380. The van der Waals surface area contributed by atoms with Crippen LogP contribution in [0.5, 0.6) is 17.2 Å². The lowest BCUT2D eigenvalue weighted by molar-refractivity contribution is -0.132. The lowest BCUT2D eigenvalue weighted by Crippen LogP contribution is -2.29. The standard InChI is InChI=1S/C32H35NO6/c1-6-17-39-24-14-11-21(12-15-24)29-28(30(34)22-13-16-27(38-7-2)26(18-22)20(3)4)31(35)32(36)33(29)23-9-8-10-25(19-23)37-5/h8-16,18-20,29,34H,6-7,17H2,1-5H3/b30-28-. The van der Waals surface area contributed by atoms with Crippen LogP contribution in [0.15, 0.2) is 72.3 Å². The minimum Gasteiger partial charge on any atom is -0.507 e. The van der Waals surface area contributed by atoms with E-state index in [9.17, 15) is 14.7 Å². The number of hydrogen-bond donors (Lipinski definition) is 1. The predicted molar refractivity (Wildman–Crippen MR) is 152 cm³/mol. The summed E-state index contributed by atoms with van der Waals surface area (Å²) in [6.45, 7) is 9.10. The third-order valence-corrected chi connectivity index (χ3v) is 6.65. The molecule has 39 heavy (non-hydrogen) atoms. The molecule has 1 unspecified atom stereocenters. The Kier molecular flexibility index (Phi) is 8.59. The summed E-state index contributed by atoms with van der Waals surface area (Å²) in [5.74, 6) is 0.351. The van der Waals surface area contributed by atoms with Gasteiger partial charge >= 0.3 is 0 Å². The van der Waals surface area contributed by atoms with Gasteiger partial charge in [-0.3, -0.25) is 14.5 Å². The molecule has 1 atom stereocenters. The number of ether oxygens (including phenoxy) is 3. The van der Waals surface area contributed by atoms with Crippen LogP contribution < -0.4 is 19.1 Å². The molecular weight excluding hydrogens is 494 g/mol. The Balaban J connectivity index is 1.89. The van der Waals surface area contributed by atoms with Gasteiger partial charge in [0.2, 0.25) is 0 Å². The van der Waals surface area contributed by atoms with Gasteiger partial charge < -0.3 is 19.3 Å². The summed E-state index contributed by atoms with van der Waals surface area (Å²) in [5, 5.41) is 11.6. The van der Waals surface area contributed by atoms with Gasteiger partial charge in [-0.15, -0.1) is 0 Å². The Morgan fingerprint density at radius 1 is 0.949 bits per heavy atom. The molecular formula is C32H35NO6. The van der Waals surface area contributed by atoms with Crippen LogP contribution in [0.1, 0.15) is 62.8 Å². The highest BCUT2D eigenvalue weighted by Crippen LogP contribution is 2.43. The quantitative estimate of drug-likeness (QED) is 0.180. The normalized spacial score (nSPS) is 16.6. The molecule has 1 heterocycles. The van der Waals surface area contributed by atoms with Crippen molar-refractivity contribution in [1.29, 1.82) is 0 Å². The van der Waals surface area contributed by atoms with Crippen LogP contribution in [0.2, 0.25) is 0 Å². The Labute approximate surface area is 229 Å². The van der Waals surface area contributed by atoms with Gasteiger partial charge in [0.05, 0.1) is 31.9 Å². The minimum atomic E-state index is -0.855. The van der Waals surface area contributed by atoms with E-state index in [0.29, 0.717) is 41.5 Å². The van der Waals surface area contributed by atoms with Gasteiger partial charge in [0.25, 0.3) is 11.7 Å². The summed E-state index contributed by atoms with van der Waals surface area (Å²) in [6, 6.07) is 18.7. The molecule has 1 saturated heterocycles. The van der Waals surface area contributed by atoms with Crippen molar-refractivity contribution in [2.45, 2.75) is 46.1 Å². The zero-order valence-electron chi connectivity index (χ0n) is 23.1. The molecule has 1 fully saturated rings. The number of methoxy groups -OCH3 is 1. The number of Topliss-reactive ketones (excluding diaryl/α,β-unsaturated/α-hetero) is 1. The van der Waals surface area contributed by atoms with E-state index in [1.54, 1.807) is 36.4 Å². The van der Waals surface area contributed by atoms with E-state index in [-0.39, 0.29) is 17.3 Å². The monoisotopic (exact) mass is 529 g/mol. The number of carbonyl (C=O) groups excluding carboxylic acids is 2. The highest BCUT2D eigenvalue weighted by Gasteiger charge is 2.47. The first-order valence-electron chi connectivity index (χ1n) is 13.3. The number of ketones is 1. The predicted octanol–water partition coefficient (Wildman–Crippen LogP) is 6.63. The van der Waals surface area contributed by atoms with Crippen LogP contribution in [-0.2, 0) is 9.59 Å². The van der Waals surface area contributed by atoms with Crippen molar-refractivity contribution < 1.29 is 28.9 Å². The average molecular weight is 530 g/mol. The Morgan fingerprint density at radius 3 is 2.33 bits per heavy atom. The SMILES string of the molecule is CCCOc1ccc(C2/C(=C(/O)c3ccc(OCC)c(C(C)C)c3)C(=O)C(=O)N2c2cccc(OC)c2)cc1. The molecule has 0 spiro atoms. The number of amides is 1. The molecule has 4 rings (SSSR count). The third-order valence-electron chi connectivity index (χ3n) is 6.65. The van der Waals surface area contributed by atoms with Crippen LogP contribution in [0, 0.1) is 0 Å². The average Bonchev–Trinajstić information content (AvgIpc) is 3.22. The lowest BCUT2D eigenvalue weighted by atomic mass is 9.93. The second-order valence-electron chi connectivity index (χ2n) is 9.63. The highest BCUT2D eigenvalue weighted by atomic mass is 16.5. The van der Waals surface area contributed by atoms with Crippen molar-refractivity contribution in [3.8, 4) is 17.2 Å². The van der Waals surface area contributed by atoms with Gasteiger partial charge in [-0.2, -0.15) is 0 Å². The van der Waals surface area contributed by atoms with Crippen molar-refractivity contribution in [3.05, 3.63) is 89.0 Å². The number of carbonyl (C=O) groups is 2. The second-order valence-corrected chi connectivity index (χ2v) is 9.63. The molecule has 3 aromatic rings. The fourth-order valence-electron chi connectivity index (χ4n) is 4.73. The molecule has 3 aromatic carbocycles. The molecule has 0 aromatic heterocycles. The van der Waals surface area contributed by atoms with Crippen molar-refractivity contribution in [2.24, 2.45) is 0 Å². The maximum atomic E-state index is 13.5. The van der Waals surface area contributed by atoms with Crippen LogP contribution in [0.3, 0.4) is 0 Å². The number of nitrogens with zero attached hydrogens (tertiary/aromatic N) is 1. The molecule has 7 heteroatoms. The molecule has 7 nitrogen and oxygen atoms in total. The van der Waals surface area contributed by atoms with Crippen LogP contribution >= 0.6 is 0 Å². The van der Waals surface area contributed by atoms with Crippen LogP contribution in [0.25, 0.3) is 5.76 Å². The summed E-state index contributed by atoms with van der Waals surface area (Å²) >= 11 is 0. The lowest BCUT2D eigenvalue weighted by Gasteiger charge is -2.26. The third kappa shape index (κ3) is 5.62. The van der Waals surface area contributed by atoms with Crippen molar-refractivity contribution in [3.63, 3.8) is 0 Å². The first-order valence-corrected chi connectivity index (χ1v) is 13.3. The summed E-state index contributed by atoms with van der Waals surface area (Å²) in [4.78, 5) is 28.5. The largest absolute Gasteiger partial charge is 0.507 e. The van der Waals surface area contributed by atoms with Gasteiger partial charge in [-0.1, -0.05) is 39.0 Å².